The van der Waals surface area contributed by atoms with Gasteiger partial charge in [0.1, 0.15) is 29.5 Å². The Morgan fingerprint density at radius 1 is 0.938 bits per heavy atom. The van der Waals surface area contributed by atoms with Crippen LogP contribution in [0.1, 0.15) is 11.1 Å². The predicted molar refractivity (Wildman–Crippen MR) is 114 cm³/mol. The minimum atomic E-state index is -0.875. The molecule has 1 aliphatic rings. The quantitative estimate of drug-likeness (QED) is 0.473. The smallest absolute Gasteiger partial charge is 0.335 e. The minimum Gasteiger partial charge on any atom is -0.508 e. The Hall–Kier alpha value is -4.46. The molecule has 0 saturated carbocycles. The maximum Gasteiger partial charge on any atom is 0.335 e. The van der Waals surface area contributed by atoms with Gasteiger partial charge in [0, 0.05) is 5.56 Å². The second-order valence-electron chi connectivity index (χ2n) is 6.92. The number of ether oxygens (including phenoxy) is 1. The average Bonchev–Trinajstić information content (AvgIpc) is 2.78. The van der Waals surface area contributed by atoms with Crippen molar-refractivity contribution in [3.05, 3.63) is 95.3 Å². The first-order valence-corrected chi connectivity index (χ1v) is 9.59. The van der Waals surface area contributed by atoms with E-state index in [0.717, 1.165) is 4.90 Å². The maximum absolute atomic E-state index is 13.7. The highest BCUT2D eigenvalue weighted by molar-refractivity contribution is 6.39. The molecule has 0 unspecified atom stereocenters. The standard InChI is InChI=1S/C24H17FN2O5/c25-21-4-2-1-3-16(21)14-32-19-11-5-15(6-12-19)13-20-22(29)26-24(31)27(23(20)30)17-7-9-18(28)10-8-17/h1-13,28H,14H2,(H,26,29,31). The number of halogens is 1. The lowest BCUT2D eigenvalue weighted by Gasteiger charge is -2.26. The first-order chi connectivity index (χ1) is 15.4. The third-order valence-electron chi connectivity index (χ3n) is 4.75. The molecule has 1 fully saturated rings. The average molecular weight is 432 g/mol. The summed E-state index contributed by atoms with van der Waals surface area (Å²) in [5.41, 5.74) is 0.933. The molecule has 3 aromatic rings. The molecule has 0 aliphatic carbocycles. The van der Waals surface area contributed by atoms with Crippen molar-refractivity contribution >= 4 is 29.6 Å². The molecule has 3 aromatic carbocycles. The van der Waals surface area contributed by atoms with E-state index in [1.54, 1.807) is 42.5 Å². The first-order valence-electron chi connectivity index (χ1n) is 9.59. The zero-order valence-electron chi connectivity index (χ0n) is 16.6. The van der Waals surface area contributed by atoms with Gasteiger partial charge in [-0.25, -0.2) is 14.1 Å². The van der Waals surface area contributed by atoms with Crippen LogP contribution in [-0.2, 0) is 16.2 Å². The third kappa shape index (κ3) is 4.34. The number of hydrogen-bond donors (Lipinski definition) is 2. The molecule has 0 bridgehead atoms. The van der Waals surface area contributed by atoms with Crippen LogP contribution in [0.15, 0.2) is 78.4 Å². The van der Waals surface area contributed by atoms with Crippen LogP contribution in [0.4, 0.5) is 14.9 Å². The Bertz CT molecular complexity index is 1220. The number of nitrogens with one attached hydrogen (secondary N) is 1. The number of phenolic OH excluding ortho intramolecular Hbond substituents is 1. The normalized spacial score (nSPS) is 15.1. The highest BCUT2D eigenvalue weighted by Gasteiger charge is 2.36. The number of barbiturate groups is 1. The molecule has 1 aliphatic heterocycles. The van der Waals surface area contributed by atoms with Crippen molar-refractivity contribution in [2.24, 2.45) is 0 Å². The van der Waals surface area contributed by atoms with Gasteiger partial charge in [0.15, 0.2) is 0 Å². The molecule has 0 atom stereocenters. The second kappa shape index (κ2) is 8.73. The third-order valence-corrected chi connectivity index (χ3v) is 4.75. The summed E-state index contributed by atoms with van der Waals surface area (Å²) in [6, 6.07) is 17.4. The molecule has 0 aromatic heterocycles. The summed E-state index contributed by atoms with van der Waals surface area (Å²) in [6.07, 6.45) is 1.36. The largest absolute Gasteiger partial charge is 0.508 e. The number of urea groups is 1. The Morgan fingerprint density at radius 3 is 2.31 bits per heavy atom. The van der Waals surface area contributed by atoms with Gasteiger partial charge in [0.2, 0.25) is 0 Å². The van der Waals surface area contributed by atoms with Crippen LogP contribution in [-0.4, -0.2) is 23.0 Å². The van der Waals surface area contributed by atoms with E-state index in [4.69, 9.17) is 4.74 Å². The van der Waals surface area contributed by atoms with Gasteiger partial charge in [-0.2, -0.15) is 0 Å². The number of aromatic hydroxyl groups is 1. The Kier molecular flexibility index (Phi) is 5.67. The van der Waals surface area contributed by atoms with Crippen molar-refractivity contribution < 1.29 is 28.6 Å². The number of rotatable bonds is 5. The Balaban J connectivity index is 1.52. The molecular weight excluding hydrogens is 415 g/mol. The Morgan fingerprint density at radius 2 is 1.62 bits per heavy atom. The topological polar surface area (TPSA) is 95.9 Å². The van der Waals surface area contributed by atoms with Crippen LogP contribution in [0.5, 0.6) is 11.5 Å². The van der Waals surface area contributed by atoms with Gasteiger partial charge in [-0.1, -0.05) is 30.3 Å². The molecule has 0 radical (unpaired) electrons. The highest BCUT2D eigenvalue weighted by Crippen LogP contribution is 2.24. The van der Waals surface area contributed by atoms with Gasteiger partial charge in [0.05, 0.1) is 5.69 Å². The number of nitrogens with zero attached hydrogens (tertiary/aromatic N) is 1. The molecule has 160 valence electrons. The molecule has 0 spiro atoms. The number of imide groups is 2. The molecule has 2 N–H and O–H groups in total. The number of benzene rings is 3. The lowest BCUT2D eigenvalue weighted by atomic mass is 10.1. The van der Waals surface area contributed by atoms with Crippen molar-refractivity contribution in [3.63, 3.8) is 0 Å². The van der Waals surface area contributed by atoms with E-state index < -0.39 is 17.8 Å². The summed E-state index contributed by atoms with van der Waals surface area (Å²) in [5.74, 6) is -1.50. The number of carbonyl (C=O) groups excluding carboxylic acids is 3. The van der Waals surface area contributed by atoms with Gasteiger partial charge in [0.25, 0.3) is 11.8 Å². The van der Waals surface area contributed by atoms with E-state index >= 15 is 0 Å². The fourth-order valence-corrected chi connectivity index (χ4v) is 3.10. The van der Waals surface area contributed by atoms with E-state index in [1.165, 1.54) is 36.4 Å². The number of carbonyl (C=O) groups is 3. The molecule has 1 heterocycles. The SMILES string of the molecule is O=C1NC(=O)N(c2ccc(O)cc2)C(=O)C1=Cc1ccc(OCc2ccccc2F)cc1. The van der Waals surface area contributed by atoms with Crippen molar-refractivity contribution in [2.45, 2.75) is 6.61 Å². The number of hydrogen-bond acceptors (Lipinski definition) is 5. The van der Waals surface area contributed by atoms with Crippen LogP contribution in [0, 0.1) is 5.82 Å². The van der Waals surface area contributed by atoms with Gasteiger partial charge in [-0.15, -0.1) is 0 Å². The van der Waals surface area contributed by atoms with E-state index in [2.05, 4.69) is 5.32 Å². The molecule has 32 heavy (non-hydrogen) atoms. The van der Waals surface area contributed by atoms with Crippen LogP contribution >= 0.6 is 0 Å². The summed E-state index contributed by atoms with van der Waals surface area (Å²) >= 11 is 0. The zero-order valence-corrected chi connectivity index (χ0v) is 16.6. The highest BCUT2D eigenvalue weighted by atomic mass is 19.1. The van der Waals surface area contributed by atoms with Crippen molar-refractivity contribution in [1.29, 1.82) is 0 Å². The van der Waals surface area contributed by atoms with E-state index in [9.17, 15) is 23.9 Å². The summed E-state index contributed by atoms with van der Waals surface area (Å²) in [5, 5.41) is 11.6. The van der Waals surface area contributed by atoms with Crippen molar-refractivity contribution in [2.75, 3.05) is 4.90 Å². The fraction of sp³-hybridized carbons (Fsp3) is 0.0417. The molecule has 4 rings (SSSR count). The lowest BCUT2D eigenvalue weighted by Crippen LogP contribution is -2.54. The summed E-state index contributed by atoms with van der Waals surface area (Å²) in [4.78, 5) is 38.1. The molecule has 1 saturated heterocycles. The van der Waals surface area contributed by atoms with E-state index in [1.807, 2.05) is 0 Å². The lowest BCUT2D eigenvalue weighted by molar-refractivity contribution is -0.122. The van der Waals surface area contributed by atoms with Gasteiger partial charge in [-0.3, -0.25) is 14.9 Å². The van der Waals surface area contributed by atoms with Crippen molar-refractivity contribution in [1.82, 2.24) is 5.32 Å². The summed E-state index contributed by atoms with van der Waals surface area (Å²) in [7, 11) is 0. The Labute approximate surface area is 182 Å². The van der Waals surface area contributed by atoms with Crippen LogP contribution in [0.25, 0.3) is 6.08 Å². The predicted octanol–water partition coefficient (Wildman–Crippen LogP) is 3.78. The molecule has 7 nitrogen and oxygen atoms in total. The zero-order chi connectivity index (χ0) is 22.7. The molecule has 4 amide bonds. The summed E-state index contributed by atoms with van der Waals surface area (Å²) in [6.45, 7) is 0.0533. The maximum atomic E-state index is 13.7. The van der Waals surface area contributed by atoms with Gasteiger partial charge < -0.3 is 9.84 Å². The number of phenols is 1. The van der Waals surface area contributed by atoms with Crippen LogP contribution in [0.3, 0.4) is 0 Å². The number of amides is 4. The number of anilines is 1. The second-order valence-corrected chi connectivity index (χ2v) is 6.92. The van der Waals surface area contributed by atoms with Gasteiger partial charge >= 0.3 is 6.03 Å². The summed E-state index contributed by atoms with van der Waals surface area (Å²) < 4.78 is 19.3. The molecule has 8 heteroatoms. The minimum absolute atomic E-state index is 0.0252. The van der Waals surface area contributed by atoms with Crippen LogP contribution in [0.2, 0.25) is 0 Å². The van der Waals surface area contributed by atoms with E-state index in [0.29, 0.717) is 16.9 Å². The monoisotopic (exact) mass is 432 g/mol. The van der Waals surface area contributed by atoms with Crippen molar-refractivity contribution in [3.8, 4) is 11.5 Å². The van der Waals surface area contributed by atoms with Crippen LogP contribution < -0.4 is 15.0 Å². The van der Waals surface area contributed by atoms with Gasteiger partial charge in [-0.05, 0) is 54.1 Å². The molecular formula is C24H17FN2O5. The van der Waals surface area contributed by atoms with E-state index in [-0.39, 0.29) is 29.4 Å². The fourth-order valence-electron chi connectivity index (χ4n) is 3.10. The first kappa shape index (κ1) is 20.8.